The number of H-pyrrole nitrogens is 1. The van der Waals surface area contributed by atoms with Crippen LogP contribution in [0.5, 0.6) is 11.5 Å². The zero-order valence-electron chi connectivity index (χ0n) is 14.4. The maximum absolute atomic E-state index is 12.6. The van der Waals surface area contributed by atoms with Gasteiger partial charge in [-0.25, -0.2) is 0 Å². The third-order valence-corrected chi connectivity index (χ3v) is 4.18. The summed E-state index contributed by atoms with van der Waals surface area (Å²) in [7, 11) is 1.57. The molecule has 1 aromatic heterocycles. The number of phenolic OH excluding ortho intramolecular Hbond substituents is 1. The standard InChI is InChI=1S/C20H16N4O3/c1-27-17-9-5-4-8-14(17)18-21-20(24-23-18)22-19(26)15-10-12-6-2-3-7-13(12)11-16(15)25/h2-11,25H,1H3,(H2,21,22,23,24,26). The summed E-state index contributed by atoms with van der Waals surface area (Å²) in [5.74, 6) is 0.605. The van der Waals surface area contributed by atoms with Crippen LogP contribution in [0, 0.1) is 0 Å². The first kappa shape index (κ1) is 16.6. The highest BCUT2D eigenvalue weighted by Gasteiger charge is 2.16. The summed E-state index contributed by atoms with van der Waals surface area (Å²) in [5.41, 5.74) is 0.874. The van der Waals surface area contributed by atoms with Crippen molar-refractivity contribution in [2.24, 2.45) is 0 Å². The van der Waals surface area contributed by atoms with Crippen LogP contribution < -0.4 is 10.1 Å². The lowest BCUT2D eigenvalue weighted by Gasteiger charge is -2.06. The maximum Gasteiger partial charge on any atom is 0.261 e. The number of aromatic hydroxyl groups is 1. The molecule has 1 heterocycles. The van der Waals surface area contributed by atoms with Crippen LogP contribution >= 0.6 is 0 Å². The van der Waals surface area contributed by atoms with Gasteiger partial charge in [-0.1, -0.05) is 36.4 Å². The molecule has 27 heavy (non-hydrogen) atoms. The molecule has 3 aromatic carbocycles. The summed E-state index contributed by atoms with van der Waals surface area (Å²) in [6.45, 7) is 0. The molecular formula is C20H16N4O3. The summed E-state index contributed by atoms with van der Waals surface area (Å²) in [4.78, 5) is 16.8. The van der Waals surface area contributed by atoms with Crippen molar-refractivity contribution in [3.05, 3.63) is 66.2 Å². The molecule has 0 atom stereocenters. The third-order valence-electron chi connectivity index (χ3n) is 4.18. The minimum atomic E-state index is -0.496. The Morgan fingerprint density at radius 1 is 1.07 bits per heavy atom. The van der Waals surface area contributed by atoms with E-state index in [1.807, 2.05) is 48.5 Å². The Balaban J connectivity index is 1.61. The Morgan fingerprint density at radius 2 is 1.78 bits per heavy atom. The van der Waals surface area contributed by atoms with Crippen molar-refractivity contribution in [1.82, 2.24) is 15.2 Å². The van der Waals surface area contributed by atoms with Gasteiger partial charge in [-0.2, -0.15) is 4.98 Å². The fourth-order valence-corrected chi connectivity index (χ4v) is 2.86. The number of hydrogen-bond acceptors (Lipinski definition) is 5. The molecule has 7 heteroatoms. The van der Waals surface area contributed by atoms with Crippen molar-refractivity contribution in [1.29, 1.82) is 0 Å². The zero-order chi connectivity index (χ0) is 18.8. The smallest absolute Gasteiger partial charge is 0.261 e. The molecule has 0 unspecified atom stereocenters. The predicted octanol–water partition coefficient (Wildman–Crippen LogP) is 3.59. The zero-order valence-corrected chi connectivity index (χ0v) is 14.4. The van der Waals surface area contributed by atoms with Crippen LogP contribution in [0.1, 0.15) is 10.4 Å². The Hall–Kier alpha value is -3.87. The number of anilines is 1. The lowest BCUT2D eigenvalue weighted by molar-refractivity contribution is 0.102. The molecule has 1 amide bonds. The number of carbonyl (C=O) groups is 1. The molecule has 7 nitrogen and oxygen atoms in total. The van der Waals surface area contributed by atoms with Gasteiger partial charge in [-0.3, -0.25) is 15.2 Å². The van der Waals surface area contributed by atoms with E-state index in [1.54, 1.807) is 19.2 Å². The van der Waals surface area contributed by atoms with Crippen LogP contribution in [0.25, 0.3) is 22.2 Å². The van der Waals surface area contributed by atoms with E-state index in [9.17, 15) is 9.90 Å². The molecule has 0 aliphatic heterocycles. The molecule has 0 saturated carbocycles. The van der Waals surface area contributed by atoms with Crippen molar-refractivity contribution >= 4 is 22.6 Å². The second-order valence-corrected chi connectivity index (χ2v) is 5.88. The molecular weight excluding hydrogens is 344 g/mol. The minimum absolute atomic E-state index is 0.105. The van der Waals surface area contributed by atoms with Crippen molar-refractivity contribution in [2.45, 2.75) is 0 Å². The van der Waals surface area contributed by atoms with Gasteiger partial charge >= 0.3 is 0 Å². The molecule has 0 aliphatic carbocycles. The summed E-state index contributed by atoms with van der Waals surface area (Å²) in [5, 5.41) is 21.3. The van der Waals surface area contributed by atoms with Crippen LogP contribution in [0.3, 0.4) is 0 Å². The summed E-state index contributed by atoms with van der Waals surface area (Å²) in [6.07, 6.45) is 0. The average molecular weight is 360 g/mol. The van der Waals surface area contributed by atoms with Gasteiger partial charge in [0, 0.05) is 0 Å². The molecule has 0 bridgehead atoms. The Kier molecular flexibility index (Phi) is 4.18. The van der Waals surface area contributed by atoms with Crippen molar-refractivity contribution < 1.29 is 14.6 Å². The number of carbonyl (C=O) groups excluding carboxylic acids is 1. The summed E-state index contributed by atoms with van der Waals surface area (Å²) < 4.78 is 5.31. The van der Waals surface area contributed by atoms with Crippen LogP contribution in [-0.2, 0) is 0 Å². The number of phenols is 1. The van der Waals surface area contributed by atoms with Gasteiger partial charge < -0.3 is 9.84 Å². The summed E-state index contributed by atoms with van der Waals surface area (Å²) >= 11 is 0. The van der Waals surface area contributed by atoms with Crippen molar-refractivity contribution in [2.75, 3.05) is 12.4 Å². The molecule has 4 aromatic rings. The highest BCUT2D eigenvalue weighted by molar-refractivity contribution is 6.08. The Labute approximate surface area is 154 Å². The molecule has 4 rings (SSSR count). The number of aromatic nitrogens is 3. The van der Waals surface area contributed by atoms with Crippen LogP contribution in [0.2, 0.25) is 0 Å². The van der Waals surface area contributed by atoms with Gasteiger partial charge in [0.2, 0.25) is 5.95 Å². The lowest BCUT2D eigenvalue weighted by atomic mass is 10.1. The van der Waals surface area contributed by atoms with Crippen LogP contribution in [0.15, 0.2) is 60.7 Å². The topological polar surface area (TPSA) is 100 Å². The first-order valence-corrected chi connectivity index (χ1v) is 8.24. The van der Waals surface area contributed by atoms with E-state index in [0.717, 1.165) is 16.3 Å². The fraction of sp³-hybridized carbons (Fsp3) is 0.0500. The van der Waals surface area contributed by atoms with E-state index in [-0.39, 0.29) is 17.3 Å². The summed E-state index contributed by atoms with van der Waals surface area (Å²) in [6, 6.07) is 18.0. The molecule has 0 saturated heterocycles. The van der Waals surface area contributed by atoms with Gasteiger partial charge in [-0.15, -0.1) is 5.10 Å². The molecule has 0 radical (unpaired) electrons. The number of methoxy groups -OCH3 is 1. The van der Waals surface area contributed by atoms with E-state index in [0.29, 0.717) is 11.6 Å². The molecule has 134 valence electrons. The maximum atomic E-state index is 12.6. The monoisotopic (exact) mass is 360 g/mol. The van der Waals surface area contributed by atoms with E-state index < -0.39 is 5.91 Å². The number of rotatable bonds is 4. The number of aromatic amines is 1. The molecule has 3 N–H and O–H groups in total. The van der Waals surface area contributed by atoms with E-state index in [4.69, 9.17) is 4.74 Å². The SMILES string of the molecule is COc1ccccc1-c1nc(NC(=O)c2cc3ccccc3cc2O)n[nH]1. The fourth-order valence-electron chi connectivity index (χ4n) is 2.86. The predicted molar refractivity (Wildman–Crippen MR) is 102 cm³/mol. The van der Waals surface area contributed by atoms with Gasteiger partial charge in [0.1, 0.15) is 11.5 Å². The van der Waals surface area contributed by atoms with E-state index in [1.165, 1.54) is 0 Å². The van der Waals surface area contributed by atoms with Gasteiger partial charge in [0.25, 0.3) is 5.91 Å². The second-order valence-electron chi connectivity index (χ2n) is 5.88. The molecule has 0 fully saturated rings. The number of hydrogen-bond donors (Lipinski definition) is 3. The quantitative estimate of drug-likeness (QED) is 0.516. The Bertz CT molecular complexity index is 1140. The average Bonchev–Trinajstić information content (AvgIpc) is 3.15. The number of nitrogens with one attached hydrogen (secondary N) is 2. The number of ether oxygens (including phenoxy) is 1. The number of benzene rings is 3. The molecule has 0 spiro atoms. The highest BCUT2D eigenvalue weighted by Crippen LogP contribution is 2.28. The van der Waals surface area contributed by atoms with Gasteiger partial charge in [-0.05, 0) is 35.0 Å². The second kappa shape index (κ2) is 6.80. The van der Waals surface area contributed by atoms with Gasteiger partial charge in [0.05, 0.1) is 18.2 Å². The number of amides is 1. The Morgan fingerprint density at radius 3 is 2.56 bits per heavy atom. The first-order valence-electron chi connectivity index (χ1n) is 8.24. The van der Waals surface area contributed by atoms with Crippen molar-refractivity contribution in [3.63, 3.8) is 0 Å². The number of nitrogens with zero attached hydrogens (tertiary/aromatic N) is 2. The third kappa shape index (κ3) is 3.18. The molecule has 0 aliphatic rings. The number of fused-ring (bicyclic) bond motifs is 1. The largest absolute Gasteiger partial charge is 0.507 e. The highest BCUT2D eigenvalue weighted by atomic mass is 16.5. The van der Waals surface area contributed by atoms with Crippen LogP contribution in [0.4, 0.5) is 5.95 Å². The van der Waals surface area contributed by atoms with E-state index >= 15 is 0 Å². The first-order chi connectivity index (χ1) is 13.2. The van der Waals surface area contributed by atoms with Crippen molar-refractivity contribution in [3.8, 4) is 22.9 Å². The van der Waals surface area contributed by atoms with Gasteiger partial charge in [0.15, 0.2) is 5.82 Å². The normalized spacial score (nSPS) is 10.7. The van der Waals surface area contributed by atoms with E-state index in [2.05, 4.69) is 20.5 Å². The minimum Gasteiger partial charge on any atom is -0.507 e. The van der Waals surface area contributed by atoms with Crippen LogP contribution in [-0.4, -0.2) is 33.3 Å². The lowest BCUT2D eigenvalue weighted by Crippen LogP contribution is -2.13. The number of para-hydroxylation sites is 1.